The number of rotatable bonds is 26. The number of hydrogen-bond donors (Lipinski definition) is 15. The fraction of sp³-hybridized carbons (Fsp3) is 0.815. The van der Waals surface area contributed by atoms with Crippen LogP contribution in [0.4, 0.5) is 9.59 Å². The van der Waals surface area contributed by atoms with Gasteiger partial charge in [0, 0.05) is 6.42 Å². The SMILES string of the molecule is C#CCOC1OC(CCP(=O)(O)O)C(O)C(O)C1O.C#CCOC1OC(CCP(=O)(OCOC(=O)OC(C)C)OCOC(=O)OC(C)C)C(O)C(O)C1O.CC1OC(CCCC(=O)O)C(O)C(O)C1O.COC(=O)C(C)CCC1OC(C)C(O)C(O)C1O.O=C=O.O=C=O. The van der Waals surface area contributed by atoms with Crippen molar-refractivity contribution in [2.24, 2.45) is 5.92 Å². The number of esters is 1. The molecule has 4 rings (SSSR count). The van der Waals surface area contributed by atoms with Crippen molar-refractivity contribution in [3.05, 3.63) is 0 Å². The molecule has 0 aromatic rings. The molecule has 15 N–H and O–H groups in total. The van der Waals surface area contributed by atoms with Crippen LogP contribution in [0.3, 0.4) is 0 Å². The van der Waals surface area contributed by atoms with E-state index in [1.807, 2.05) is 0 Å². The second kappa shape index (κ2) is 47.8. The highest BCUT2D eigenvalue weighted by molar-refractivity contribution is 7.53. The summed E-state index contributed by atoms with van der Waals surface area (Å²) < 4.78 is 89.0. The highest BCUT2D eigenvalue weighted by atomic mass is 31.2. The summed E-state index contributed by atoms with van der Waals surface area (Å²) in [6.45, 7) is 9.25. The van der Waals surface area contributed by atoms with Crippen LogP contribution in [0, 0.1) is 30.6 Å². The van der Waals surface area contributed by atoms with Crippen molar-refractivity contribution in [2.45, 2.75) is 228 Å². The van der Waals surface area contributed by atoms with Crippen LogP contribution in [-0.2, 0) is 99.1 Å². The molecule has 0 spiro atoms. The quantitative estimate of drug-likeness (QED) is 0.0131. The summed E-state index contributed by atoms with van der Waals surface area (Å²) in [6, 6.07) is 0. The monoisotopic (exact) mass is 1410 g/mol. The summed E-state index contributed by atoms with van der Waals surface area (Å²) in [7, 11) is -7.06. The molecule has 0 aromatic heterocycles. The molecular weight excluding hydrogens is 1320 g/mol. The van der Waals surface area contributed by atoms with Crippen LogP contribution in [0.2, 0.25) is 0 Å². The van der Waals surface area contributed by atoms with Crippen LogP contribution in [0.5, 0.6) is 0 Å². The molecule has 4 fully saturated rings. The van der Waals surface area contributed by atoms with Gasteiger partial charge in [0.25, 0.3) is 0 Å². The minimum absolute atomic E-state index is 0.000387. The molecule has 40 heteroatoms. The standard InChI is InChI=1S/C20H33O14P.C12H22O6.C10H17O8P.C10H18O6.2CO2/c1-6-8-27-18-17(23)16(22)15(21)14(34-18)7-9-35(26,30-10-28-19(24)32-12(2)3)31-11-29-20(25)33-13(4)5;1-6(12(16)17-3)4-5-8-10(14)11(15)9(13)7(2)18-8;1-2-4-17-10-9(13)8(12)7(11)6(18-10)3-5-19(14,15)16;1-5-8(13)10(15)9(14)6(16-5)3-2-4-7(11)12;2*2-1-3/h1,12-18,21-23H,7-11H2,2-5H3;6-11,13-15H,4-5H2,1-3H3;1,6-13H,3-5H2,(H2,14,15,16);5-6,8-10,13-15H,2-4H2,1H3,(H,11,12);;. The Bertz CT molecular complexity index is 2380. The number of aliphatic hydroxyl groups excluding tert-OH is 12. The summed E-state index contributed by atoms with van der Waals surface area (Å²) in [5.74, 6) is 2.82. The Hall–Kier alpha value is -5.06. The molecule has 38 nitrogen and oxygen atoms in total. The van der Waals surface area contributed by atoms with E-state index in [1.165, 1.54) is 7.11 Å². The van der Waals surface area contributed by atoms with Crippen molar-refractivity contribution >= 4 is 51.7 Å². The third kappa shape index (κ3) is 35.8. The predicted molar refractivity (Wildman–Crippen MR) is 305 cm³/mol. The Morgan fingerprint density at radius 2 is 0.851 bits per heavy atom. The highest BCUT2D eigenvalue weighted by Gasteiger charge is 2.47. The number of methoxy groups -OCH3 is 1. The first-order valence-corrected chi connectivity index (χ1v) is 32.1. The van der Waals surface area contributed by atoms with E-state index in [4.69, 9.17) is 93.9 Å². The number of terminal acetylenes is 2. The van der Waals surface area contributed by atoms with E-state index in [9.17, 15) is 89.6 Å². The molecule has 21 unspecified atom stereocenters. The zero-order valence-corrected chi connectivity index (χ0v) is 54.4. The van der Waals surface area contributed by atoms with Crippen LogP contribution in [-0.4, -0.2) is 294 Å². The number of aliphatic carboxylic acids is 1. The van der Waals surface area contributed by atoms with Crippen molar-refractivity contribution in [1.82, 2.24) is 0 Å². The van der Waals surface area contributed by atoms with E-state index in [0.29, 0.717) is 25.7 Å². The van der Waals surface area contributed by atoms with Crippen molar-refractivity contribution < 1.29 is 185 Å². The molecule has 0 bridgehead atoms. The van der Waals surface area contributed by atoms with E-state index in [-0.39, 0.29) is 56.7 Å². The van der Waals surface area contributed by atoms with Gasteiger partial charge in [0.2, 0.25) is 13.6 Å². The fourth-order valence-corrected chi connectivity index (χ4v) is 10.2. The van der Waals surface area contributed by atoms with Crippen LogP contribution >= 0.6 is 15.2 Å². The normalized spacial score (nSPS) is 30.7. The summed E-state index contributed by atoms with van der Waals surface area (Å²) >= 11 is 0. The lowest BCUT2D eigenvalue weighted by Crippen LogP contribution is -2.58. The second-order valence-electron chi connectivity index (χ2n) is 21.1. The number of carbonyl (C=O) groups is 4. The lowest BCUT2D eigenvalue weighted by Gasteiger charge is -2.40. The molecule has 4 saturated heterocycles. The van der Waals surface area contributed by atoms with Crippen LogP contribution in [0.25, 0.3) is 0 Å². The number of carbonyl (C=O) groups excluding carboxylic acids is 7. The molecular formula is C54H90O38P2. The second-order valence-corrected chi connectivity index (χ2v) is 25.1. The average Bonchev–Trinajstić information content (AvgIpc) is 0.848. The van der Waals surface area contributed by atoms with Crippen molar-refractivity contribution in [2.75, 3.05) is 46.2 Å². The van der Waals surface area contributed by atoms with Crippen molar-refractivity contribution in [1.29, 1.82) is 0 Å². The summed E-state index contributed by atoms with van der Waals surface area (Å²) in [5, 5.41) is 125. The van der Waals surface area contributed by atoms with Gasteiger partial charge in [-0.15, -0.1) is 12.8 Å². The first kappa shape index (κ1) is 91.0. The first-order chi connectivity index (χ1) is 43.8. The third-order valence-corrected chi connectivity index (χ3v) is 15.8. The summed E-state index contributed by atoms with van der Waals surface area (Å²) in [5.41, 5.74) is 0. The number of ether oxygens (including phenoxy) is 11. The van der Waals surface area contributed by atoms with Gasteiger partial charge in [0.1, 0.15) is 86.5 Å². The minimum atomic E-state index is -4.24. The van der Waals surface area contributed by atoms with Gasteiger partial charge in [-0.05, 0) is 80.1 Å². The number of aliphatic hydroxyl groups is 12. The molecule has 0 saturated carbocycles. The predicted octanol–water partition coefficient (Wildman–Crippen LogP) is -3.50. The van der Waals surface area contributed by atoms with Gasteiger partial charge >= 0.3 is 51.7 Å². The van der Waals surface area contributed by atoms with E-state index in [2.05, 4.69) is 26.1 Å². The van der Waals surface area contributed by atoms with Crippen LogP contribution in [0.15, 0.2) is 0 Å². The minimum Gasteiger partial charge on any atom is -0.481 e. The molecule has 0 radical (unpaired) electrons. The van der Waals surface area contributed by atoms with E-state index in [1.54, 1.807) is 48.5 Å². The molecule has 4 heterocycles. The number of hydrogen-bond acceptors (Lipinski definition) is 35. The Morgan fingerprint density at radius 3 is 1.18 bits per heavy atom. The molecule has 544 valence electrons. The zero-order valence-electron chi connectivity index (χ0n) is 52.6. The number of carboxylic acids is 1. The average molecular weight is 1410 g/mol. The van der Waals surface area contributed by atoms with Gasteiger partial charge in [-0.25, -0.2) is 9.59 Å². The topological polar surface area (TPSA) is 594 Å². The van der Waals surface area contributed by atoms with Crippen LogP contribution < -0.4 is 0 Å². The van der Waals surface area contributed by atoms with Gasteiger partial charge in [-0.3, -0.25) is 27.8 Å². The van der Waals surface area contributed by atoms with Gasteiger partial charge in [0.05, 0.1) is 74.2 Å². The lowest BCUT2D eigenvalue weighted by molar-refractivity contribution is -0.293. The largest absolute Gasteiger partial charge is 0.510 e. The third-order valence-electron chi connectivity index (χ3n) is 13.2. The molecule has 0 aromatic carbocycles. The molecule has 0 aliphatic carbocycles. The highest BCUT2D eigenvalue weighted by Crippen LogP contribution is 2.49. The summed E-state index contributed by atoms with van der Waals surface area (Å²) in [4.78, 5) is 94.6. The number of carboxylic acid groups (broad SMARTS) is 1. The van der Waals surface area contributed by atoms with E-state index >= 15 is 0 Å². The molecule has 4 aliphatic heterocycles. The molecule has 94 heavy (non-hydrogen) atoms. The first-order valence-electron chi connectivity index (χ1n) is 28.5. The molecule has 4 aliphatic rings. The molecule has 0 amide bonds. The Labute approximate surface area is 540 Å². The van der Waals surface area contributed by atoms with Gasteiger partial charge in [0.15, 0.2) is 12.6 Å². The maximum atomic E-state index is 13.2. The van der Waals surface area contributed by atoms with E-state index in [0.717, 1.165) is 0 Å². The van der Waals surface area contributed by atoms with E-state index < -0.39 is 194 Å². The van der Waals surface area contributed by atoms with Crippen LogP contribution in [0.1, 0.15) is 93.4 Å². The Balaban J connectivity index is 0. The molecule has 21 atom stereocenters. The maximum Gasteiger partial charge on any atom is 0.510 e. The van der Waals surface area contributed by atoms with Crippen molar-refractivity contribution in [3.8, 4) is 24.7 Å². The smallest absolute Gasteiger partial charge is 0.481 e. The zero-order chi connectivity index (χ0) is 72.8. The van der Waals surface area contributed by atoms with Gasteiger partial charge in [-0.2, -0.15) is 19.2 Å². The lowest BCUT2D eigenvalue weighted by atomic mass is 9.91. The van der Waals surface area contributed by atoms with Gasteiger partial charge in [-0.1, -0.05) is 18.8 Å². The Morgan fingerprint density at radius 1 is 0.511 bits per heavy atom. The maximum absolute atomic E-state index is 13.2. The summed E-state index contributed by atoms with van der Waals surface area (Å²) in [6.07, 6.45) is -15.7. The van der Waals surface area contributed by atoms with Crippen molar-refractivity contribution in [3.63, 3.8) is 0 Å². The van der Waals surface area contributed by atoms with Gasteiger partial charge < -0.3 is 128 Å². The fourth-order valence-electron chi connectivity index (χ4n) is 8.29. The Kier molecular flexibility index (Phi) is 46.3.